The summed E-state index contributed by atoms with van der Waals surface area (Å²) in [5, 5.41) is 6.25. The molecule has 5 rings (SSSR count). The number of carbonyl (C=O) groups excluding carboxylic acids is 2. The van der Waals surface area contributed by atoms with Gasteiger partial charge in [0.25, 0.3) is 0 Å². The largest absolute Gasteiger partial charge is 0.493 e. The molecule has 3 aromatic carbocycles. The van der Waals surface area contributed by atoms with Gasteiger partial charge >= 0.3 is 0 Å². The predicted molar refractivity (Wildman–Crippen MR) is 138 cm³/mol. The molecule has 1 unspecified atom stereocenters. The van der Waals surface area contributed by atoms with E-state index in [1.165, 1.54) is 32.7 Å². The lowest BCUT2D eigenvalue weighted by atomic mass is 10.1. The monoisotopic (exact) mass is 501 g/mol. The lowest BCUT2D eigenvalue weighted by Crippen LogP contribution is -2.33. The van der Waals surface area contributed by atoms with E-state index in [9.17, 15) is 9.59 Å². The Bertz CT molecular complexity index is 1480. The first-order valence-electron chi connectivity index (χ1n) is 11.6. The first-order valence-corrected chi connectivity index (χ1v) is 11.6. The zero-order valence-corrected chi connectivity index (χ0v) is 20.2. The van der Waals surface area contributed by atoms with Gasteiger partial charge in [-0.1, -0.05) is 18.2 Å². The Kier molecular flexibility index (Phi) is 6.55. The van der Waals surface area contributed by atoms with Crippen molar-refractivity contribution in [2.45, 2.75) is 6.42 Å². The summed E-state index contributed by atoms with van der Waals surface area (Å²) in [4.78, 5) is 35.7. The fourth-order valence-electron chi connectivity index (χ4n) is 4.32. The maximum Gasteiger partial charge on any atom is 0.239 e. The number of benzene rings is 3. The number of ether oxygens (including phenoxy) is 2. The van der Waals surface area contributed by atoms with Crippen LogP contribution in [-0.4, -0.2) is 42.5 Å². The minimum Gasteiger partial charge on any atom is -0.493 e. The molecule has 2 amide bonds. The smallest absolute Gasteiger partial charge is 0.239 e. The van der Waals surface area contributed by atoms with E-state index in [0.29, 0.717) is 41.2 Å². The highest BCUT2D eigenvalue weighted by Crippen LogP contribution is 2.35. The molecule has 188 valence electrons. The minimum atomic E-state index is -0.833. The van der Waals surface area contributed by atoms with Crippen molar-refractivity contribution in [2.24, 2.45) is 5.92 Å². The average Bonchev–Trinajstić information content (AvgIpc) is 3.31. The summed E-state index contributed by atoms with van der Waals surface area (Å²) in [6, 6.07) is 16.9. The molecule has 4 aromatic rings. The molecule has 10 heteroatoms. The van der Waals surface area contributed by atoms with Gasteiger partial charge in [-0.15, -0.1) is 0 Å². The second-order valence-electron chi connectivity index (χ2n) is 8.42. The second kappa shape index (κ2) is 10.1. The van der Waals surface area contributed by atoms with Crippen molar-refractivity contribution in [3.05, 3.63) is 72.8 Å². The Balaban J connectivity index is 1.31. The molecular formula is C27H24FN5O4. The highest BCUT2D eigenvalue weighted by molar-refractivity contribution is 6.13. The summed E-state index contributed by atoms with van der Waals surface area (Å²) in [6.07, 6.45) is 1.75. The van der Waals surface area contributed by atoms with Gasteiger partial charge in [0.05, 0.1) is 25.4 Å². The summed E-state index contributed by atoms with van der Waals surface area (Å²) in [6.45, 7) is 0.446. The van der Waals surface area contributed by atoms with Crippen LogP contribution < -0.4 is 25.0 Å². The van der Waals surface area contributed by atoms with Gasteiger partial charge < -0.3 is 25.0 Å². The minimum absolute atomic E-state index is 0.153. The van der Waals surface area contributed by atoms with Crippen molar-refractivity contribution >= 4 is 45.6 Å². The van der Waals surface area contributed by atoms with Gasteiger partial charge in [-0.2, -0.15) is 0 Å². The Morgan fingerprint density at radius 2 is 1.78 bits per heavy atom. The number of rotatable bonds is 7. The topological polar surface area (TPSA) is 106 Å². The Morgan fingerprint density at radius 1 is 1.03 bits per heavy atom. The SMILES string of the molecule is COc1cc2ncnc(Nc3ccc(NC(=O)C4CCN(c5ccccc5)C4=O)cc3F)c2cc1OC. The lowest BCUT2D eigenvalue weighted by molar-refractivity contribution is -0.129. The van der Waals surface area contributed by atoms with E-state index in [1.54, 1.807) is 23.1 Å². The van der Waals surface area contributed by atoms with Crippen LogP contribution in [0, 0.1) is 11.7 Å². The number of hydrogen-bond acceptors (Lipinski definition) is 7. The molecule has 1 fully saturated rings. The third kappa shape index (κ3) is 4.73. The van der Waals surface area contributed by atoms with E-state index in [1.807, 2.05) is 30.3 Å². The molecule has 1 aliphatic rings. The van der Waals surface area contributed by atoms with Crippen LogP contribution in [0.1, 0.15) is 6.42 Å². The molecule has 2 N–H and O–H groups in total. The molecule has 1 atom stereocenters. The summed E-state index contributed by atoms with van der Waals surface area (Å²) in [5.74, 6) is -0.804. The summed E-state index contributed by atoms with van der Waals surface area (Å²) in [7, 11) is 3.05. The standard InChI is InChI=1S/C27H24FN5O4/c1-36-23-13-19-22(14-24(23)37-2)29-15-30-25(19)32-21-9-8-16(12-20(21)28)31-26(34)18-10-11-33(27(18)35)17-6-4-3-5-7-17/h3-9,12-15,18H,10-11H2,1-2H3,(H,31,34)(H,29,30,32). The molecule has 0 radical (unpaired) electrons. The van der Waals surface area contributed by atoms with Crippen LogP contribution in [0.3, 0.4) is 0 Å². The predicted octanol–water partition coefficient (Wildman–Crippen LogP) is 4.52. The molecule has 1 aliphatic heterocycles. The number of hydrogen-bond donors (Lipinski definition) is 2. The number of amides is 2. The van der Waals surface area contributed by atoms with Crippen LogP contribution in [0.5, 0.6) is 11.5 Å². The Hall–Kier alpha value is -4.73. The van der Waals surface area contributed by atoms with Gasteiger partial charge in [0.2, 0.25) is 11.8 Å². The van der Waals surface area contributed by atoms with Gasteiger partial charge in [0, 0.05) is 29.4 Å². The maximum atomic E-state index is 15.0. The molecule has 1 aromatic heterocycles. The van der Waals surface area contributed by atoms with Crippen molar-refractivity contribution in [3.63, 3.8) is 0 Å². The number of methoxy groups -OCH3 is 2. The second-order valence-corrected chi connectivity index (χ2v) is 8.42. The zero-order valence-electron chi connectivity index (χ0n) is 20.2. The highest BCUT2D eigenvalue weighted by atomic mass is 19.1. The van der Waals surface area contributed by atoms with Crippen LogP contribution in [0.2, 0.25) is 0 Å². The molecule has 0 aliphatic carbocycles. The van der Waals surface area contributed by atoms with Crippen LogP contribution in [0.25, 0.3) is 10.9 Å². The lowest BCUT2D eigenvalue weighted by Gasteiger charge is -2.17. The first-order chi connectivity index (χ1) is 18.0. The van der Waals surface area contributed by atoms with Gasteiger partial charge in [0.1, 0.15) is 23.9 Å². The fraction of sp³-hybridized carbons (Fsp3) is 0.185. The molecular weight excluding hydrogens is 477 g/mol. The van der Waals surface area contributed by atoms with E-state index < -0.39 is 17.6 Å². The first kappa shape index (κ1) is 24.0. The molecule has 1 saturated heterocycles. The van der Waals surface area contributed by atoms with Crippen LogP contribution >= 0.6 is 0 Å². The van der Waals surface area contributed by atoms with Crippen molar-refractivity contribution in [2.75, 3.05) is 36.3 Å². The third-order valence-corrected chi connectivity index (χ3v) is 6.22. The summed E-state index contributed by atoms with van der Waals surface area (Å²) in [5.41, 5.74) is 1.74. The number of fused-ring (bicyclic) bond motifs is 1. The molecule has 37 heavy (non-hydrogen) atoms. The molecule has 0 spiro atoms. The van der Waals surface area contributed by atoms with Crippen LogP contribution in [0.4, 0.5) is 27.3 Å². The van der Waals surface area contributed by atoms with Crippen molar-refractivity contribution in [1.29, 1.82) is 0 Å². The number of carbonyl (C=O) groups is 2. The Labute approximate surface area is 212 Å². The van der Waals surface area contributed by atoms with E-state index in [-0.39, 0.29) is 17.3 Å². The van der Waals surface area contributed by atoms with E-state index in [0.717, 1.165) is 5.69 Å². The highest BCUT2D eigenvalue weighted by Gasteiger charge is 2.37. The molecule has 0 saturated carbocycles. The van der Waals surface area contributed by atoms with E-state index in [2.05, 4.69) is 20.6 Å². The number of anilines is 4. The third-order valence-electron chi connectivity index (χ3n) is 6.22. The van der Waals surface area contributed by atoms with Crippen LogP contribution in [-0.2, 0) is 9.59 Å². The molecule has 9 nitrogen and oxygen atoms in total. The normalized spacial score (nSPS) is 15.1. The van der Waals surface area contributed by atoms with Crippen molar-refractivity contribution < 1.29 is 23.5 Å². The summed E-state index contributed by atoms with van der Waals surface area (Å²) >= 11 is 0. The van der Waals surface area contributed by atoms with Crippen LogP contribution in [0.15, 0.2) is 67.0 Å². The van der Waals surface area contributed by atoms with Gasteiger partial charge in [0.15, 0.2) is 11.5 Å². The average molecular weight is 502 g/mol. The van der Waals surface area contributed by atoms with Gasteiger partial charge in [-0.05, 0) is 42.8 Å². The van der Waals surface area contributed by atoms with Gasteiger partial charge in [-0.3, -0.25) is 9.59 Å². The fourth-order valence-corrected chi connectivity index (χ4v) is 4.32. The van der Waals surface area contributed by atoms with Crippen molar-refractivity contribution in [1.82, 2.24) is 9.97 Å². The summed E-state index contributed by atoms with van der Waals surface area (Å²) < 4.78 is 25.7. The zero-order chi connectivity index (χ0) is 25.9. The molecule has 2 heterocycles. The number of aromatic nitrogens is 2. The van der Waals surface area contributed by atoms with E-state index >= 15 is 4.39 Å². The number of para-hydroxylation sites is 1. The quantitative estimate of drug-likeness (QED) is 0.359. The Morgan fingerprint density at radius 3 is 2.51 bits per heavy atom. The number of nitrogens with zero attached hydrogens (tertiary/aromatic N) is 3. The van der Waals surface area contributed by atoms with E-state index in [4.69, 9.17) is 9.47 Å². The molecule has 0 bridgehead atoms. The van der Waals surface area contributed by atoms with Crippen molar-refractivity contribution in [3.8, 4) is 11.5 Å². The van der Waals surface area contributed by atoms with Gasteiger partial charge in [-0.25, -0.2) is 14.4 Å². The number of halogens is 1. The maximum absolute atomic E-state index is 15.0. The number of nitrogens with one attached hydrogen (secondary N) is 2.